The zero-order valence-electron chi connectivity index (χ0n) is 18.6. The molecule has 0 spiro atoms. The smallest absolute Gasteiger partial charge is 0.439 e. The summed E-state index contributed by atoms with van der Waals surface area (Å²) in [6.45, 7) is 0. The number of hydrogen-bond acceptors (Lipinski definition) is 10. The van der Waals surface area contributed by atoms with Gasteiger partial charge in [-0.15, -0.1) is 0 Å². The van der Waals surface area contributed by atoms with Gasteiger partial charge in [0.15, 0.2) is 0 Å². The lowest BCUT2D eigenvalue weighted by Crippen LogP contribution is -2.52. The number of ketones is 2. The van der Waals surface area contributed by atoms with Gasteiger partial charge in [0.25, 0.3) is 12.6 Å². The molecule has 2 N–H and O–H groups in total. The standard InChI is InChI=1S/C23H32O10/c24-17(11-9-15-5-1-2-6-15)19(26)32-21(28)23(30-13-14-31-23)22(29)33-20(27)18(25)12-10-16-7-3-4-8-16/h13-16,19-20,26-27H,1-12H2. The lowest BCUT2D eigenvalue weighted by Gasteiger charge is -2.25. The number of aliphatic hydroxyl groups is 2. The maximum absolute atomic E-state index is 12.5. The van der Waals surface area contributed by atoms with Gasteiger partial charge in [-0.25, -0.2) is 9.59 Å². The molecule has 3 aliphatic rings. The van der Waals surface area contributed by atoms with Crippen molar-refractivity contribution in [3.8, 4) is 0 Å². The van der Waals surface area contributed by atoms with Crippen LogP contribution in [0.15, 0.2) is 12.5 Å². The Bertz CT molecular complexity index is 686. The average Bonchev–Trinajstić information content (AvgIpc) is 3.57. The first-order chi connectivity index (χ1) is 15.8. The molecule has 0 aromatic carbocycles. The Kier molecular flexibility index (Phi) is 8.85. The van der Waals surface area contributed by atoms with Crippen LogP contribution in [-0.4, -0.2) is 52.1 Å². The first kappa shape index (κ1) is 25.2. The molecule has 2 unspecified atom stereocenters. The second-order valence-electron chi connectivity index (χ2n) is 8.95. The molecule has 33 heavy (non-hydrogen) atoms. The lowest BCUT2D eigenvalue weighted by molar-refractivity contribution is -0.236. The third kappa shape index (κ3) is 6.54. The summed E-state index contributed by atoms with van der Waals surface area (Å²) >= 11 is 0. The summed E-state index contributed by atoms with van der Waals surface area (Å²) in [5, 5.41) is 20.0. The van der Waals surface area contributed by atoms with E-state index >= 15 is 0 Å². The van der Waals surface area contributed by atoms with Crippen molar-refractivity contribution in [3.05, 3.63) is 12.5 Å². The SMILES string of the molecule is O=C(CCC1CCCC1)C(O)OC(=O)C1(C(=O)OC(O)C(=O)CCC2CCCC2)OC=CO1. The van der Waals surface area contributed by atoms with E-state index in [2.05, 4.69) is 0 Å². The molecule has 10 heteroatoms. The van der Waals surface area contributed by atoms with Crippen LogP contribution in [0.4, 0.5) is 0 Å². The molecule has 184 valence electrons. The Balaban J connectivity index is 1.50. The minimum absolute atomic E-state index is 0.0186. The summed E-state index contributed by atoms with van der Waals surface area (Å²) in [4.78, 5) is 49.4. The molecule has 2 atom stereocenters. The van der Waals surface area contributed by atoms with Crippen molar-refractivity contribution in [3.63, 3.8) is 0 Å². The van der Waals surface area contributed by atoms with Crippen LogP contribution >= 0.6 is 0 Å². The Hall–Kier alpha value is -2.46. The zero-order chi connectivity index (χ0) is 23.8. The summed E-state index contributed by atoms with van der Waals surface area (Å²) in [5.41, 5.74) is 0. The summed E-state index contributed by atoms with van der Waals surface area (Å²) in [6, 6.07) is 0. The third-order valence-electron chi connectivity index (χ3n) is 6.60. The van der Waals surface area contributed by atoms with Crippen LogP contribution in [0, 0.1) is 11.8 Å². The van der Waals surface area contributed by atoms with E-state index in [0.29, 0.717) is 24.7 Å². The average molecular weight is 468 g/mol. The second-order valence-corrected chi connectivity index (χ2v) is 8.95. The number of aliphatic hydroxyl groups excluding tert-OH is 2. The molecule has 0 bridgehead atoms. The van der Waals surface area contributed by atoms with Gasteiger partial charge in [0.1, 0.15) is 12.5 Å². The van der Waals surface area contributed by atoms with E-state index in [0.717, 1.165) is 63.9 Å². The highest BCUT2D eigenvalue weighted by Crippen LogP contribution is 2.30. The highest BCUT2D eigenvalue weighted by atomic mass is 16.8. The molecule has 2 saturated carbocycles. The molecule has 2 aliphatic carbocycles. The maximum Gasteiger partial charge on any atom is 0.452 e. The van der Waals surface area contributed by atoms with Gasteiger partial charge in [-0.05, 0) is 24.7 Å². The fourth-order valence-electron chi connectivity index (χ4n) is 4.58. The van der Waals surface area contributed by atoms with Gasteiger partial charge in [-0.3, -0.25) is 9.59 Å². The molecule has 0 aromatic heterocycles. The Morgan fingerprint density at radius 2 is 1.12 bits per heavy atom. The van der Waals surface area contributed by atoms with Crippen LogP contribution in [-0.2, 0) is 38.1 Å². The molecule has 10 nitrogen and oxygen atoms in total. The minimum Gasteiger partial charge on any atom is -0.439 e. The van der Waals surface area contributed by atoms with Crippen molar-refractivity contribution in [2.24, 2.45) is 11.8 Å². The fraction of sp³-hybridized carbons (Fsp3) is 0.739. The van der Waals surface area contributed by atoms with Crippen LogP contribution in [0.3, 0.4) is 0 Å². The van der Waals surface area contributed by atoms with Gasteiger partial charge in [0.05, 0.1) is 0 Å². The van der Waals surface area contributed by atoms with Gasteiger partial charge in [0, 0.05) is 12.8 Å². The molecule has 0 radical (unpaired) electrons. The van der Waals surface area contributed by atoms with Crippen LogP contribution < -0.4 is 0 Å². The van der Waals surface area contributed by atoms with Crippen molar-refractivity contribution in [1.82, 2.24) is 0 Å². The number of carbonyl (C=O) groups excluding carboxylic acids is 4. The van der Waals surface area contributed by atoms with Crippen molar-refractivity contribution in [2.45, 2.75) is 95.4 Å². The topological polar surface area (TPSA) is 146 Å². The first-order valence-corrected chi connectivity index (χ1v) is 11.7. The van der Waals surface area contributed by atoms with E-state index in [1.54, 1.807) is 0 Å². The number of Topliss-reactive ketones (excluding diaryl/α,β-unsaturated/α-hetero) is 2. The second kappa shape index (κ2) is 11.6. The maximum atomic E-state index is 12.5. The lowest BCUT2D eigenvalue weighted by atomic mass is 10.00. The molecular weight excluding hydrogens is 436 g/mol. The number of carbonyl (C=O) groups is 4. The summed E-state index contributed by atoms with van der Waals surface area (Å²) < 4.78 is 19.2. The molecule has 3 rings (SSSR count). The monoisotopic (exact) mass is 468 g/mol. The number of rotatable bonds is 12. The number of ether oxygens (including phenoxy) is 4. The summed E-state index contributed by atoms with van der Waals surface area (Å²) in [6.07, 6.45) is 7.20. The molecule has 0 amide bonds. The number of hydrogen-bond donors (Lipinski definition) is 2. The van der Waals surface area contributed by atoms with E-state index < -0.39 is 41.9 Å². The normalized spacial score (nSPS) is 21.8. The highest BCUT2D eigenvalue weighted by molar-refractivity contribution is 6.03. The van der Waals surface area contributed by atoms with Crippen molar-refractivity contribution in [2.75, 3.05) is 0 Å². The third-order valence-corrected chi connectivity index (χ3v) is 6.60. The van der Waals surface area contributed by atoms with Gasteiger partial charge < -0.3 is 29.2 Å². The first-order valence-electron chi connectivity index (χ1n) is 11.7. The van der Waals surface area contributed by atoms with Crippen LogP contribution in [0.2, 0.25) is 0 Å². The zero-order valence-corrected chi connectivity index (χ0v) is 18.6. The molecule has 1 heterocycles. The van der Waals surface area contributed by atoms with Crippen LogP contribution in [0.1, 0.15) is 77.0 Å². The van der Waals surface area contributed by atoms with E-state index in [-0.39, 0.29) is 12.8 Å². The quantitative estimate of drug-likeness (QED) is 0.248. The Morgan fingerprint density at radius 3 is 1.48 bits per heavy atom. The fourth-order valence-corrected chi connectivity index (χ4v) is 4.58. The van der Waals surface area contributed by atoms with Gasteiger partial charge >= 0.3 is 17.7 Å². The van der Waals surface area contributed by atoms with Gasteiger partial charge in [-0.1, -0.05) is 51.4 Å². The largest absolute Gasteiger partial charge is 0.452 e. The Labute approximate surface area is 192 Å². The summed E-state index contributed by atoms with van der Waals surface area (Å²) in [5.74, 6) is -6.53. The van der Waals surface area contributed by atoms with Gasteiger partial charge in [-0.2, -0.15) is 0 Å². The van der Waals surface area contributed by atoms with E-state index in [1.165, 1.54) is 0 Å². The number of esters is 2. The predicted octanol–water partition coefficient (Wildman–Crippen LogP) is 2.00. The van der Waals surface area contributed by atoms with E-state index in [1.807, 2.05) is 0 Å². The molecule has 2 fully saturated rings. The highest BCUT2D eigenvalue weighted by Gasteiger charge is 2.58. The van der Waals surface area contributed by atoms with Crippen molar-refractivity contribution >= 4 is 23.5 Å². The van der Waals surface area contributed by atoms with Gasteiger partial charge in [0.2, 0.25) is 11.6 Å². The molecule has 0 saturated heterocycles. The molecule has 1 aliphatic heterocycles. The molecule has 0 aromatic rings. The van der Waals surface area contributed by atoms with E-state index in [9.17, 15) is 29.4 Å². The van der Waals surface area contributed by atoms with Crippen LogP contribution in [0.25, 0.3) is 0 Å². The summed E-state index contributed by atoms with van der Waals surface area (Å²) in [7, 11) is 0. The predicted molar refractivity (Wildman–Crippen MR) is 111 cm³/mol. The minimum atomic E-state index is -2.82. The Morgan fingerprint density at radius 1 is 0.758 bits per heavy atom. The van der Waals surface area contributed by atoms with E-state index in [4.69, 9.17) is 18.9 Å². The molecular formula is C23H32O10. The van der Waals surface area contributed by atoms with Crippen LogP contribution in [0.5, 0.6) is 0 Å². The van der Waals surface area contributed by atoms with Crippen molar-refractivity contribution in [1.29, 1.82) is 0 Å². The van der Waals surface area contributed by atoms with Crippen molar-refractivity contribution < 1.29 is 48.3 Å².